The second kappa shape index (κ2) is 6.15. The van der Waals surface area contributed by atoms with E-state index in [-0.39, 0.29) is 5.25 Å². The first-order valence-corrected chi connectivity index (χ1v) is 7.89. The summed E-state index contributed by atoms with van der Waals surface area (Å²) in [6.07, 6.45) is 7.01. The molecule has 2 heterocycles. The SMILES string of the molecule is O=C(C1CCCCS1)N1CCCCC1CCl. The first-order valence-electron chi connectivity index (χ1n) is 6.31. The van der Waals surface area contributed by atoms with Crippen molar-refractivity contribution in [1.82, 2.24) is 4.90 Å². The van der Waals surface area contributed by atoms with Crippen LogP contribution in [0.4, 0.5) is 0 Å². The molecule has 2 unspecified atom stereocenters. The van der Waals surface area contributed by atoms with Gasteiger partial charge in [-0.05, 0) is 37.9 Å². The van der Waals surface area contributed by atoms with Crippen LogP contribution in [0.25, 0.3) is 0 Å². The van der Waals surface area contributed by atoms with Crippen molar-refractivity contribution in [2.45, 2.75) is 49.8 Å². The lowest BCUT2D eigenvalue weighted by molar-refractivity contribution is -0.133. The van der Waals surface area contributed by atoms with Crippen molar-refractivity contribution in [3.63, 3.8) is 0 Å². The van der Waals surface area contributed by atoms with Crippen LogP contribution in [0.5, 0.6) is 0 Å². The van der Waals surface area contributed by atoms with Gasteiger partial charge in [0.15, 0.2) is 0 Å². The molecule has 0 aliphatic carbocycles. The molecule has 0 spiro atoms. The number of alkyl halides is 1. The molecule has 2 aliphatic heterocycles. The van der Waals surface area contributed by atoms with Crippen LogP contribution in [0, 0.1) is 0 Å². The summed E-state index contributed by atoms with van der Waals surface area (Å²) in [6, 6.07) is 0.297. The lowest BCUT2D eigenvalue weighted by atomic mass is 10.0. The maximum Gasteiger partial charge on any atom is 0.235 e. The lowest BCUT2D eigenvalue weighted by Crippen LogP contribution is -2.48. The molecular weight excluding hydrogens is 242 g/mol. The van der Waals surface area contributed by atoms with Crippen LogP contribution in [0.15, 0.2) is 0 Å². The number of carbonyl (C=O) groups is 1. The summed E-state index contributed by atoms with van der Waals surface area (Å²) in [4.78, 5) is 14.4. The summed E-state index contributed by atoms with van der Waals surface area (Å²) in [5.74, 6) is 2.11. The number of hydrogen-bond acceptors (Lipinski definition) is 2. The van der Waals surface area contributed by atoms with Gasteiger partial charge >= 0.3 is 0 Å². The number of halogens is 1. The van der Waals surface area contributed by atoms with Crippen LogP contribution in [0.2, 0.25) is 0 Å². The van der Waals surface area contributed by atoms with E-state index in [4.69, 9.17) is 11.6 Å². The van der Waals surface area contributed by atoms with Gasteiger partial charge < -0.3 is 4.90 Å². The summed E-state index contributed by atoms with van der Waals surface area (Å²) in [5, 5.41) is 0.220. The highest BCUT2D eigenvalue weighted by molar-refractivity contribution is 8.00. The van der Waals surface area contributed by atoms with Gasteiger partial charge in [-0.25, -0.2) is 0 Å². The molecule has 1 amide bonds. The molecule has 2 nitrogen and oxygen atoms in total. The number of thioether (sulfide) groups is 1. The molecule has 92 valence electrons. The lowest BCUT2D eigenvalue weighted by Gasteiger charge is -2.37. The molecule has 2 aliphatic rings. The van der Waals surface area contributed by atoms with Crippen molar-refractivity contribution >= 4 is 29.3 Å². The molecule has 2 rings (SSSR count). The van der Waals surface area contributed by atoms with Gasteiger partial charge in [0.25, 0.3) is 0 Å². The standard InChI is InChI=1S/C12H20ClNOS/c13-9-10-5-1-3-7-14(10)12(15)11-6-2-4-8-16-11/h10-11H,1-9H2. The third-order valence-corrected chi connectivity index (χ3v) is 5.26. The van der Waals surface area contributed by atoms with Gasteiger partial charge in [-0.15, -0.1) is 23.4 Å². The van der Waals surface area contributed by atoms with E-state index in [1.165, 1.54) is 19.3 Å². The maximum absolute atomic E-state index is 12.4. The summed E-state index contributed by atoms with van der Waals surface area (Å²) >= 11 is 7.80. The van der Waals surface area contributed by atoms with Gasteiger partial charge in [-0.3, -0.25) is 4.79 Å². The van der Waals surface area contributed by atoms with Crippen LogP contribution in [0.1, 0.15) is 38.5 Å². The fourth-order valence-electron chi connectivity index (χ4n) is 2.57. The molecule has 2 fully saturated rings. The summed E-state index contributed by atoms with van der Waals surface area (Å²) in [5.41, 5.74) is 0. The van der Waals surface area contributed by atoms with Gasteiger partial charge in [0.2, 0.25) is 5.91 Å². The normalized spacial score (nSPS) is 31.4. The molecule has 4 heteroatoms. The van der Waals surface area contributed by atoms with Crippen molar-refractivity contribution in [2.24, 2.45) is 0 Å². The third-order valence-electron chi connectivity index (χ3n) is 3.54. The van der Waals surface area contributed by atoms with E-state index in [1.54, 1.807) is 0 Å². The van der Waals surface area contributed by atoms with Crippen molar-refractivity contribution < 1.29 is 4.79 Å². The Morgan fingerprint density at radius 3 is 2.75 bits per heavy atom. The minimum Gasteiger partial charge on any atom is -0.338 e. The van der Waals surface area contributed by atoms with Crippen LogP contribution < -0.4 is 0 Å². The maximum atomic E-state index is 12.4. The van der Waals surface area contributed by atoms with Crippen molar-refractivity contribution in [3.8, 4) is 0 Å². The van der Waals surface area contributed by atoms with Crippen molar-refractivity contribution in [2.75, 3.05) is 18.2 Å². The molecule has 16 heavy (non-hydrogen) atoms. The van der Waals surface area contributed by atoms with Gasteiger partial charge in [-0.2, -0.15) is 0 Å². The van der Waals surface area contributed by atoms with E-state index in [9.17, 15) is 4.79 Å². The van der Waals surface area contributed by atoms with Crippen LogP contribution in [-0.4, -0.2) is 40.3 Å². The monoisotopic (exact) mass is 261 g/mol. The van der Waals surface area contributed by atoms with Crippen LogP contribution in [0.3, 0.4) is 0 Å². The zero-order valence-electron chi connectivity index (χ0n) is 9.66. The van der Waals surface area contributed by atoms with E-state index >= 15 is 0 Å². The molecule has 0 aromatic rings. The second-order valence-electron chi connectivity index (χ2n) is 4.69. The first-order chi connectivity index (χ1) is 7.83. The van der Waals surface area contributed by atoms with Crippen LogP contribution in [-0.2, 0) is 4.79 Å². The van der Waals surface area contributed by atoms with E-state index in [2.05, 4.69) is 4.90 Å². The van der Waals surface area contributed by atoms with E-state index < -0.39 is 0 Å². The predicted octanol–water partition coefficient (Wildman–Crippen LogP) is 2.89. The second-order valence-corrected chi connectivity index (χ2v) is 6.31. The van der Waals surface area contributed by atoms with Crippen LogP contribution >= 0.6 is 23.4 Å². The molecule has 0 radical (unpaired) electrons. The van der Waals surface area contributed by atoms with E-state index in [1.807, 2.05) is 11.8 Å². The molecule has 0 aromatic carbocycles. The van der Waals surface area contributed by atoms with E-state index in [0.29, 0.717) is 17.8 Å². The Kier molecular flexibility index (Phi) is 4.83. The molecule has 2 atom stereocenters. The number of piperidine rings is 1. The van der Waals surface area contributed by atoms with Gasteiger partial charge in [0, 0.05) is 18.5 Å². The van der Waals surface area contributed by atoms with E-state index in [0.717, 1.165) is 31.6 Å². The van der Waals surface area contributed by atoms with Crippen molar-refractivity contribution in [3.05, 3.63) is 0 Å². The highest BCUT2D eigenvalue weighted by Crippen LogP contribution is 2.29. The topological polar surface area (TPSA) is 20.3 Å². The summed E-state index contributed by atoms with van der Waals surface area (Å²) < 4.78 is 0. The number of amides is 1. The fourth-order valence-corrected chi connectivity index (χ4v) is 4.16. The largest absolute Gasteiger partial charge is 0.338 e. The number of carbonyl (C=O) groups excluding carboxylic acids is 1. The average Bonchev–Trinajstić information content (AvgIpc) is 2.39. The Bertz CT molecular complexity index is 243. The third kappa shape index (κ3) is 2.86. The Hall–Kier alpha value is 0.110. The molecule has 0 saturated carbocycles. The minimum absolute atomic E-state index is 0.220. The Morgan fingerprint density at radius 2 is 2.06 bits per heavy atom. The van der Waals surface area contributed by atoms with Crippen molar-refractivity contribution in [1.29, 1.82) is 0 Å². The highest BCUT2D eigenvalue weighted by atomic mass is 35.5. The molecule has 0 aromatic heterocycles. The highest BCUT2D eigenvalue weighted by Gasteiger charge is 2.31. The molecule has 2 saturated heterocycles. The van der Waals surface area contributed by atoms with Gasteiger partial charge in [0.05, 0.1) is 5.25 Å². The minimum atomic E-state index is 0.220. The quantitative estimate of drug-likeness (QED) is 0.713. The molecule has 0 bridgehead atoms. The summed E-state index contributed by atoms with van der Waals surface area (Å²) in [6.45, 7) is 0.924. The molecular formula is C12H20ClNOS. The first kappa shape index (κ1) is 12.6. The zero-order valence-corrected chi connectivity index (χ0v) is 11.2. The van der Waals surface area contributed by atoms with Gasteiger partial charge in [0.1, 0.15) is 0 Å². The average molecular weight is 262 g/mol. The fraction of sp³-hybridized carbons (Fsp3) is 0.917. The van der Waals surface area contributed by atoms with Gasteiger partial charge in [-0.1, -0.05) is 6.42 Å². The Labute approximate surface area is 107 Å². The molecule has 0 N–H and O–H groups in total. The summed E-state index contributed by atoms with van der Waals surface area (Å²) in [7, 11) is 0. The number of nitrogens with zero attached hydrogens (tertiary/aromatic N) is 1. The Morgan fingerprint density at radius 1 is 1.25 bits per heavy atom. The number of likely N-dealkylation sites (tertiary alicyclic amines) is 1. The Balaban J connectivity index is 1.95. The smallest absolute Gasteiger partial charge is 0.235 e. The predicted molar refractivity (Wildman–Crippen MR) is 70.2 cm³/mol. The number of rotatable bonds is 2. The number of hydrogen-bond donors (Lipinski definition) is 0. The zero-order chi connectivity index (χ0) is 11.4.